The van der Waals surface area contributed by atoms with Crippen LogP contribution in [-0.2, 0) is 0 Å². The van der Waals surface area contributed by atoms with Gasteiger partial charge in [0.2, 0.25) is 0 Å². The van der Waals surface area contributed by atoms with Gasteiger partial charge >= 0.3 is 0 Å². The summed E-state index contributed by atoms with van der Waals surface area (Å²) in [6, 6.07) is 8.11. The summed E-state index contributed by atoms with van der Waals surface area (Å²) in [7, 11) is 0. The number of thiophene rings is 1. The van der Waals surface area contributed by atoms with Crippen LogP contribution in [0.5, 0.6) is 0 Å². The number of rotatable bonds is 4. The first-order chi connectivity index (χ1) is 8.24. The Hall–Kier alpha value is -1.61. The first-order valence-corrected chi connectivity index (χ1v) is 6.43. The standard InChI is InChI=1S/C14H15NOS/c1-3-4-9-15-14(16)13-10(2)11-7-5-6-8-12(11)17-13/h3,5-8H,1,4,9H2,2H3,(H,15,16). The molecule has 0 spiro atoms. The van der Waals surface area contributed by atoms with E-state index in [-0.39, 0.29) is 5.91 Å². The van der Waals surface area contributed by atoms with Crippen LogP contribution >= 0.6 is 11.3 Å². The summed E-state index contributed by atoms with van der Waals surface area (Å²) < 4.78 is 1.17. The zero-order chi connectivity index (χ0) is 12.3. The molecule has 1 aromatic carbocycles. The van der Waals surface area contributed by atoms with E-state index >= 15 is 0 Å². The fraction of sp³-hybridized carbons (Fsp3) is 0.214. The van der Waals surface area contributed by atoms with Crippen molar-refractivity contribution in [3.05, 3.63) is 47.4 Å². The summed E-state index contributed by atoms with van der Waals surface area (Å²) in [5.74, 6) is 0.0190. The summed E-state index contributed by atoms with van der Waals surface area (Å²) in [6.07, 6.45) is 2.60. The monoisotopic (exact) mass is 245 g/mol. The van der Waals surface area contributed by atoms with Crippen molar-refractivity contribution in [3.63, 3.8) is 0 Å². The third-order valence-corrected chi connectivity index (χ3v) is 3.96. The number of hydrogen-bond donors (Lipinski definition) is 1. The summed E-state index contributed by atoms with van der Waals surface area (Å²) in [6.45, 7) is 6.28. The van der Waals surface area contributed by atoms with Crippen LogP contribution in [0.1, 0.15) is 21.7 Å². The van der Waals surface area contributed by atoms with Crippen molar-refractivity contribution in [2.24, 2.45) is 0 Å². The molecule has 2 rings (SSSR count). The normalized spacial score (nSPS) is 10.4. The lowest BCUT2D eigenvalue weighted by Gasteiger charge is -2.01. The highest BCUT2D eigenvalue weighted by atomic mass is 32.1. The molecule has 3 heteroatoms. The van der Waals surface area contributed by atoms with Crippen LogP contribution in [0.25, 0.3) is 10.1 Å². The first kappa shape index (κ1) is 11.9. The van der Waals surface area contributed by atoms with Gasteiger partial charge in [-0.2, -0.15) is 0 Å². The van der Waals surface area contributed by atoms with Crippen LogP contribution < -0.4 is 5.32 Å². The molecule has 1 amide bonds. The second-order valence-corrected chi connectivity index (χ2v) is 4.94. The predicted octanol–water partition coefficient (Wildman–Crippen LogP) is 3.52. The molecule has 0 atom stereocenters. The van der Waals surface area contributed by atoms with E-state index in [4.69, 9.17) is 0 Å². The third kappa shape index (κ3) is 2.39. The van der Waals surface area contributed by atoms with Crippen LogP contribution in [0.3, 0.4) is 0 Å². The van der Waals surface area contributed by atoms with Gasteiger partial charge < -0.3 is 5.32 Å². The molecule has 88 valence electrons. The van der Waals surface area contributed by atoms with Gasteiger partial charge in [-0.1, -0.05) is 24.3 Å². The fourth-order valence-corrected chi connectivity index (χ4v) is 2.88. The molecule has 0 radical (unpaired) electrons. The molecule has 2 nitrogen and oxygen atoms in total. The molecule has 0 saturated carbocycles. The Kier molecular flexibility index (Phi) is 3.59. The van der Waals surface area contributed by atoms with Crippen molar-refractivity contribution >= 4 is 27.3 Å². The highest BCUT2D eigenvalue weighted by Gasteiger charge is 2.14. The van der Waals surface area contributed by atoms with E-state index in [2.05, 4.69) is 18.0 Å². The van der Waals surface area contributed by atoms with Gasteiger partial charge in [0.25, 0.3) is 5.91 Å². The first-order valence-electron chi connectivity index (χ1n) is 5.61. The predicted molar refractivity (Wildman–Crippen MR) is 73.7 cm³/mol. The molecule has 17 heavy (non-hydrogen) atoms. The van der Waals surface area contributed by atoms with E-state index < -0.39 is 0 Å². The van der Waals surface area contributed by atoms with Crippen molar-refractivity contribution < 1.29 is 4.79 Å². The van der Waals surface area contributed by atoms with E-state index in [1.165, 1.54) is 10.1 Å². The summed E-state index contributed by atoms with van der Waals surface area (Å²) in [4.78, 5) is 12.8. The molecule has 0 bridgehead atoms. The topological polar surface area (TPSA) is 29.1 Å². The number of amides is 1. The minimum atomic E-state index is 0.0190. The van der Waals surface area contributed by atoms with Gasteiger partial charge in [-0.15, -0.1) is 17.9 Å². The zero-order valence-corrected chi connectivity index (χ0v) is 10.6. The van der Waals surface area contributed by atoms with Crippen molar-refractivity contribution in [1.82, 2.24) is 5.32 Å². The van der Waals surface area contributed by atoms with Crippen molar-refractivity contribution in [3.8, 4) is 0 Å². The van der Waals surface area contributed by atoms with Gasteiger partial charge in [0.15, 0.2) is 0 Å². The molecular weight excluding hydrogens is 230 g/mol. The number of aryl methyl sites for hydroxylation is 1. The van der Waals surface area contributed by atoms with Crippen molar-refractivity contribution in [2.75, 3.05) is 6.54 Å². The van der Waals surface area contributed by atoms with E-state index in [0.29, 0.717) is 6.54 Å². The minimum Gasteiger partial charge on any atom is -0.351 e. The summed E-state index contributed by atoms with van der Waals surface area (Å²) in [5.41, 5.74) is 1.07. The van der Waals surface area contributed by atoms with Crippen LogP contribution in [0.15, 0.2) is 36.9 Å². The third-order valence-electron chi connectivity index (χ3n) is 2.68. The molecule has 0 aliphatic carbocycles. The molecule has 0 aliphatic heterocycles. The minimum absolute atomic E-state index is 0.0190. The molecule has 1 N–H and O–H groups in total. The number of fused-ring (bicyclic) bond motifs is 1. The lowest BCUT2D eigenvalue weighted by atomic mass is 10.1. The second kappa shape index (κ2) is 5.15. The average molecular weight is 245 g/mol. The lowest BCUT2D eigenvalue weighted by molar-refractivity contribution is 0.0958. The quantitative estimate of drug-likeness (QED) is 0.648. The SMILES string of the molecule is C=CCCNC(=O)c1sc2ccccc2c1C. The molecule has 2 aromatic rings. The second-order valence-electron chi connectivity index (χ2n) is 3.89. The van der Waals surface area contributed by atoms with Crippen LogP contribution in [0.2, 0.25) is 0 Å². The molecule has 1 aromatic heterocycles. The van der Waals surface area contributed by atoms with E-state index in [0.717, 1.165) is 16.9 Å². The Balaban J connectivity index is 2.26. The maximum atomic E-state index is 12.0. The average Bonchev–Trinajstić information content (AvgIpc) is 2.68. The Morgan fingerprint density at radius 2 is 2.24 bits per heavy atom. The van der Waals surface area contributed by atoms with Crippen LogP contribution in [-0.4, -0.2) is 12.5 Å². The molecule has 1 heterocycles. The molecule has 0 aliphatic rings. The maximum absolute atomic E-state index is 12.0. The Morgan fingerprint density at radius 1 is 1.47 bits per heavy atom. The van der Waals surface area contributed by atoms with Gasteiger partial charge in [0.1, 0.15) is 0 Å². The van der Waals surface area contributed by atoms with Gasteiger partial charge in [0, 0.05) is 11.2 Å². The smallest absolute Gasteiger partial charge is 0.261 e. The highest BCUT2D eigenvalue weighted by molar-refractivity contribution is 7.21. The maximum Gasteiger partial charge on any atom is 0.261 e. The van der Waals surface area contributed by atoms with Crippen LogP contribution in [0, 0.1) is 6.92 Å². The zero-order valence-electron chi connectivity index (χ0n) is 9.82. The van der Waals surface area contributed by atoms with E-state index in [1.54, 1.807) is 17.4 Å². The van der Waals surface area contributed by atoms with Crippen LogP contribution in [0.4, 0.5) is 0 Å². The summed E-state index contributed by atoms with van der Waals surface area (Å²) in [5, 5.41) is 4.07. The van der Waals surface area contributed by atoms with Crippen molar-refractivity contribution in [2.45, 2.75) is 13.3 Å². The van der Waals surface area contributed by atoms with Gasteiger partial charge in [-0.05, 0) is 30.4 Å². The Labute approximate surface area is 105 Å². The lowest BCUT2D eigenvalue weighted by Crippen LogP contribution is -2.23. The number of carbonyl (C=O) groups is 1. The van der Waals surface area contributed by atoms with Gasteiger partial charge in [0.05, 0.1) is 4.88 Å². The van der Waals surface area contributed by atoms with E-state index in [1.807, 2.05) is 25.1 Å². The molecule has 0 unspecified atom stereocenters. The fourth-order valence-electron chi connectivity index (χ4n) is 1.76. The van der Waals surface area contributed by atoms with E-state index in [9.17, 15) is 4.79 Å². The highest BCUT2D eigenvalue weighted by Crippen LogP contribution is 2.30. The molecular formula is C14H15NOS. The number of benzene rings is 1. The number of carbonyl (C=O) groups excluding carboxylic acids is 1. The van der Waals surface area contributed by atoms with Crippen molar-refractivity contribution in [1.29, 1.82) is 0 Å². The van der Waals surface area contributed by atoms with Gasteiger partial charge in [-0.3, -0.25) is 4.79 Å². The summed E-state index contributed by atoms with van der Waals surface area (Å²) >= 11 is 1.55. The van der Waals surface area contributed by atoms with Gasteiger partial charge in [-0.25, -0.2) is 0 Å². The molecule has 0 fully saturated rings. The Bertz CT molecular complexity index is 556. The Morgan fingerprint density at radius 3 is 2.94 bits per heavy atom. The molecule has 0 saturated heterocycles. The number of hydrogen-bond acceptors (Lipinski definition) is 2. The number of nitrogens with one attached hydrogen (secondary N) is 1. The largest absolute Gasteiger partial charge is 0.351 e.